The minimum absolute atomic E-state index is 0.338. The monoisotopic (exact) mass is 394 g/mol. The second-order valence-corrected chi connectivity index (χ2v) is 6.96. The number of epoxide rings is 1. The van der Waals surface area contributed by atoms with Crippen molar-refractivity contribution in [1.29, 1.82) is 0 Å². The van der Waals surface area contributed by atoms with Crippen molar-refractivity contribution in [3.05, 3.63) is 96.6 Å². The average molecular weight is 394 g/mol. The summed E-state index contributed by atoms with van der Waals surface area (Å²) in [6.45, 7) is 0.676. The highest BCUT2D eigenvalue weighted by molar-refractivity contribution is 5.41. The molecule has 4 aromatic rings. The molecule has 0 amide bonds. The second kappa shape index (κ2) is 6.56. The van der Waals surface area contributed by atoms with Crippen molar-refractivity contribution in [3.63, 3.8) is 0 Å². The molecule has 0 aliphatic carbocycles. The first-order valence-electron chi connectivity index (χ1n) is 8.98. The fourth-order valence-electron chi connectivity index (χ4n) is 3.88. The molecule has 0 bridgehead atoms. The van der Waals surface area contributed by atoms with E-state index in [4.69, 9.17) is 4.74 Å². The smallest absolute Gasteiger partial charge is 0.149 e. The largest absolute Gasteiger partial charge is 0.348 e. The van der Waals surface area contributed by atoms with Crippen LogP contribution in [-0.2, 0) is 29.0 Å². The molecule has 7 nitrogen and oxygen atoms in total. The maximum absolute atomic E-state index is 13.6. The Morgan fingerprint density at radius 1 is 0.690 bits per heavy atom. The molecule has 9 heteroatoms. The number of benzene rings is 2. The molecular formula is C20H16F2N6O. The van der Waals surface area contributed by atoms with Crippen LogP contribution in [0, 0.1) is 11.6 Å². The van der Waals surface area contributed by atoms with Crippen molar-refractivity contribution in [1.82, 2.24) is 29.5 Å². The molecule has 1 aliphatic heterocycles. The molecule has 0 spiro atoms. The Balaban J connectivity index is 1.66. The third-order valence-electron chi connectivity index (χ3n) is 5.28. The van der Waals surface area contributed by atoms with Gasteiger partial charge in [0, 0.05) is 0 Å². The van der Waals surface area contributed by atoms with Gasteiger partial charge in [0.25, 0.3) is 0 Å². The van der Waals surface area contributed by atoms with Crippen LogP contribution in [0.4, 0.5) is 8.78 Å². The summed E-state index contributed by atoms with van der Waals surface area (Å²) < 4.78 is 37.0. The fraction of sp³-hybridized carbons (Fsp3) is 0.200. The summed E-state index contributed by atoms with van der Waals surface area (Å²) in [5.74, 6) is -0.678. The van der Waals surface area contributed by atoms with E-state index in [0.29, 0.717) is 13.1 Å². The van der Waals surface area contributed by atoms with E-state index in [0.717, 1.165) is 11.1 Å². The maximum Gasteiger partial charge on any atom is 0.149 e. The van der Waals surface area contributed by atoms with Crippen molar-refractivity contribution in [2.45, 2.75) is 24.3 Å². The Hall–Kier alpha value is -3.46. The highest BCUT2D eigenvalue weighted by Crippen LogP contribution is 2.64. The maximum atomic E-state index is 13.6. The molecule has 1 fully saturated rings. The number of halogens is 2. The minimum Gasteiger partial charge on any atom is -0.348 e. The van der Waals surface area contributed by atoms with Gasteiger partial charge in [0.2, 0.25) is 0 Å². The van der Waals surface area contributed by atoms with Crippen LogP contribution in [0.2, 0.25) is 0 Å². The van der Waals surface area contributed by atoms with E-state index in [1.807, 2.05) is 0 Å². The van der Waals surface area contributed by atoms with Crippen LogP contribution in [-0.4, -0.2) is 29.5 Å². The highest BCUT2D eigenvalue weighted by Gasteiger charge is 2.72. The quantitative estimate of drug-likeness (QED) is 0.470. The van der Waals surface area contributed by atoms with E-state index in [2.05, 4.69) is 20.2 Å². The molecule has 5 rings (SSSR count). The van der Waals surface area contributed by atoms with Crippen LogP contribution in [0.25, 0.3) is 0 Å². The number of hydrogen-bond donors (Lipinski definition) is 0. The molecule has 2 aromatic carbocycles. The van der Waals surface area contributed by atoms with Crippen molar-refractivity contribution < 1.29 is 13.5 Å². The summed E-state index contributed by atoms with van der Waals surface area (Å²) in [4.78, 5) is 8.02. The van der Waals surface area contributed by atoms with E-state index in [-0.39, 0.29) is 11.6 Å². The Morgan fingerprint density at radius 2 is 1.10 bits per heavy atom. The Bertz CT molecular complexity index is 1010. The number of rotatable bonds is 6. The third kappa shape index (κ3) is 2.90. The van der Waals surface area contributed by atoms with E-state index >= 15 is 0 Å². The predicted molar refractivity (Wildman–Crippen MR) is 97.3 cm³/mol. The van der Waals surface area contributed by atoms with Crippen LogP contribution in [0.5, 0.6) is 0 Å². The third-order valence-corrected chi connectivity index (χ3v) is 5.28. The Labute approximate surface area is 164 Å². The first-order valence-corrected chi connectivity index (χ1v) is 8.98. The predicted octanol–water partition coefficient (Wildman–Crippen LogP) is 2.67. The summed E-state index contributed by atoms with van der Waals surface area (Å²) in [6.07, 6.45) is 6.07. The summed E-state index contributed by atoms with van der Waals surface area (Å²) >= 11 is 0. The molecule has 0 radical (unpaired) electrons. The van der Waals surface area contributed by atoms with Gasteiger partial charge in [-0.05, 0) is 35.4 Å². The van der Waals surface area contributed by atoms with Gasteiger partial charge in [0.05, 0.1) is 13.1 Å². The summed E-state index contributed by atoms with van der Waals surface area (Å²) in [5, 5.41) is 8.42. The molecule has 0 saturated carbocycles. The van der Waals surface area contributed by atoms with Gasteiger partial charge in [-0.3, -0.25) is 0 Å². The van der Waals surface area contributed by atoms with Crippen molar-refractivity contribution in [3.8, 4) is 0 Å². The minimum atomic E-state index is -0.877. The zero-order valence-corrected chi connectivity index (χ0v) is 15.2. The lowest BCUT2D eigenvalue weighted by atomic mass is 9.81. The van der Waals surface area contributed by atoms with Crippen molar-refractivity contribution in [2.75, 3.05) is 0 Å². The lowest BCUT2D eigenvalue weighted by Gasteiger charge is -2.21. The summed E-state index contributed by atoms with van der Waals surface area (Å²) in [5.41, 5.74) is -0.200. The molecule has 2 unspecified atom stereocenters. The average Bonchev–Trinajstić information content (AvgIpc) is 3.12. The SMILES string of the molecule is Fc1ccc(C2(Cn3cncn3)OC2(Cn2cncn2)c2ccc(F)cc2)cc1. The molecule has 1 saturated heterocycles. The normalized spacial score (nSPS) is 23.2. The molecule has 1 aliphatic rings. The molecule has 0 N–H and O–H groups in total. The first kappa shape index (κ1) is 17.6. The van der Waals surface area contributed by atoms with E-state index in [1.54, 1.807) is 46.3 Å². The zero-order chi connectivity index (χ0) is 19.9. The highest BCUT2D eigenvalue weighted by atomic mass is 19.1. The number of nitrogens with zero attached hydrogens (tertiary/aromatic N) is 6. The fourth-order valence-corrected chi connectivity index (χ4v) is 3.88. The second-order valence-electron chi connectivity index (χ2n) is 6.96. The zero-order valence-electron chi connectivity index (χ0n) is 15.2. The lowest BCUT2D eigenvalue weighted by Crippen LogP contribution is -2.31. The van der Waals surface area contributed by atoms with Crippen molar-refractivity contribution in [2.24, 2.45) is 0 Å². The Kier molecular flexibility index (Phi) is 3.99. The van der Waals surface area contributed by atoms with Gasteiger partial charge in [-0.25, -0.2) is 28.1 Å². The molecular weight excluding hydrogens is 378 g/mol. The van der Waals surface area contributed by atoms with Crippen LogP contribution in [0.15, 0.2) is 73.8 Å². The molecule has 2 atom stereocenters. The van der Waals surface area contributed by atoms with E-state index in [1.165, 1.54) is 36.9 Å². The van der Waals surface area contributed by atoms with Gasteiger partial charge < -0.3 is 4.74 Å². The first-order chi connectivity index (χ1) is 14.1. The van der Waals surface area contributed by atoms with Gasteiger partial charge in [-0.1, -0.05) is 24.3 Å². The molecule has 146 valence electrons. The number of ether oxygens (including phenoxy) is 1. The lowest BCUT2D eigenvalue weighted by molar-refractivity contribution is 0.230. The topological polar surface area (TPSA) is 74.0 Å². The van der Waals surface area contributed by atoms with E-state index in [9.17, 15) is 8.78 Å². The van der Waals surface area contributed by atoms with Gasteiger partial charge in [0.15, 0.2) is 0 Å². The summed E-state index contributed by atoms with van der Waals surface area (Å²) in [6, 6.07) is 12.3. The molecule has 3 heterocycles. The van der Waals surface area contributed by atoms with Gasteiger partial charge in [-0.2, -0.15) is 10.2 Å². The van der Waals surface area contributed by atoms with Crippen LogP contribution in [0.1, 0.15) is 11.1 Å². The standard InChI is InChI=1S/C20H16F2N6O/c21-17-5-1-15(2-6-17)19(9-27-13-23-11-25-27)20(29-19,10-28-14-24-12-26-28)16-3-7-18(22)8-4-16/h1-8,11-14H,9-10H2. The van der Waals surface area contributed by atoms with Crippen LogP contribution >= 0.6 is 0 Å². The summed E-state index contributed by atoms with van der Waals surface area (Å²) in [7, 11) is 0. The van der Waals surface area contributed by atoms with Gasteiger partial charge in [0.1, 0.15) is 48.1 Å². The van der Waals surface area contributed by atoms with Crippen molar-refractivity contribution >= 4 is 0 Å². The van der Waals surface area contributed by atoms with Gasteiger partial charge in [-0.15, -0.1) is 0 Å². The number of aromatic nitrogens is 6. The number of hydrogen-bond acceptors (Lipinski definition) is 5. The van der Waals surface area contributed by atoms with Gasteiger partial charge >= 0.3 is 0 Å². The Morgan fingerprint density at radius 3 is 1.45 bits per heavy atom. The van der Waals surface area contributed by atoms with Crippen LogP contribution < -0.4 is 0 Å². The molecule has 29 heavy (non-hydrogen) atoms. The van der Waals surface area contributed by atoms with Crippen LogP contribution in [0.3, 0.4) is 0 Å². The molecule has 2 aromatic heterocycles. The van der Waals surface area contributed by atoms with E-state index < -0.39 is 11.2 Å².